The third-order valence-corrected chi connectivity index (χ3v) is 5.71. The monoisotopic (exact) mass is 408 g/mol. The Balaban J connectivity index is 1.46. The Morgan fingerprint density at radius 2 is 1.97 bits per heavy atom. The van der Waals surface area contributed by atoms with Crippen LogP contribution >= 0.6 is 0 Å². The van der Waals surface area contributed by atoms with E-state index < -0.39 is 6.10 Å². The number of benzene rings is 2. The largest absolute Gasteiger partial charge is 0.491 e. The molecule has 1 saturated heterocycles. The molecule has 2 aromatic carbocycles. The average Bonchev–Trinajstić information content (AvgIpc) is 2.78. The van der Waals surface area contributed by atoms with E-state index in [1.807, 2.05) is 36.4 Å². The molecule has 0 saturated carbocycles. The molecule has 6 nitrogen and oxygen atoms in total. The van der Waals surface area contributed by atoms with Crippen LogP contribution in [0.15, 0.2) is 59.5 Å². The number of nitrogens with one attached hydrogen (secondary N) is 1. The summed E-state index contributed by atoms with van der Waals surface area (Å²) in [4.78, 5) is 16.4. The quantitative estimate of drug-likeness (QED) is 0.629. The van der Waals surface area contributed by atoms with Gasteiger partial charge in [0.2, 0.25) is 5.56 Å². The van der Waals surface area contributed by atoms with Crippen LogP contribution in [0.3, 0.4) is 0 Å². The third-order valence-electron chi connectivity index (χ3n) is 5.71. The number of hydrogen-bond donors (Lipinski definition) is 2. The van der Waals surface area contributed by atoms with Crippen molar-refractivity contribution < 1.29 is 14.6 Å². The number of fused-ring (bicyclic) bond motifs is 1. The van der Waals surface area contributed by atoms with Gasteiger partial charge in [0.15, 0.2) is 0 Å². The summed E-state index contributed by atoms with van der Waals surface area (Å²) in [5.41, 5.74) is 1.77. The number of hydrogen-bond acceptors (Lipinski definition) is 5. The predicted molar refractivity (Wildman–Crippen MR) is 118 cm³/mol. The van der Waals surface area contributed by atoms with Crippen LogP contribution in [0.25, 0.3) is 21.9 Å². The Morgan fingerprint density at radius 3 is 2.70 bits per heavy atom. The predicted octanol–water partition coefficient (Wildman–Crippen LogP) is 3.05. The van der Waals surface area contributed by atoms with Crippen LogP contribution < -0.4 is 10.3 Å². The van der Waals surface area contributed by atoms with Gasteiger partial charge in [-0.1, -0.05) is 24.3 Å². The summed E-state index contributed by atoms with van der Waals surface area (Å²) < 4.78 is 11.4. The van der Waals surface area contributed by atoms with Crippen LogP contribution in [-0.2, 0) is 4.74 Å². The standard InChI is InChI=1S/C24H28N2O4/c1-29-20-8-10-26(11-9-20)15-19(27)16-30-21-12-17-4-2-3-5-22(17)23(13-21)18-6-7-24(28)25-14-18/h2-7,12-14,19-20,27H,8-11,15-16H2,1H3,(H,25,28). The van der Waals surface area contributed by atoms with Crippen molar-refractivity contribution in [1.82, 2.24) is 9.88 Å². The maximum atomic E-state index is 11.4. The maximum absolute atomic E-state index is 11.4. The van der Waals surface area contributed by atoms with Gasteiger partial charge in [0.1, 0.15) is 18.5 Å². The number of aromatic amines is 1. The smallest absolute Gasteiger partial charge is 0.247 e. The summed E-state index contributed by atoms with van der Waals surface area (Å²) in [6, 6.07) is 15.4. The van der Waals surface area contributed by atoms with E-state index in [0.717, 1.165) is 47.8 Å². The maximum Gasteiger partial charge on any atom is 0.247 e. The Kier molecular flexibility index (Phi) is 6.47. The molecule has 0 bridgehead atoms. The molecule has 1 aromatic heterocycles. The first-order valence-corrected chi connectivity index (χ1v) is 10.4. The number of nitrogens with zero attached hydrogens (tertiary/aromatic N) is 1. The zero-order valence-corrected chi connectivity index (χ0v) is 17.2. The van der Waals surface area contributed by atoms with Gasteiger partial charge in [-0.2, -0.15) is 0 Å². The lowest BCUT2D eigenvalue weighted by Crippen LogP contribution is -2.42. The second kappa shape index (κ2) is 9.43. The Morgan fingerprint density at radius 1 is 1.17 bits per heavy atom. The van der Waals surface area contributed by atoms with Gasteiger partial charge < -0.3 is 24.5 Å². The lowest BCUT2D eigenvalue weighted by atomic mass is 9.99. The van der Waals surface area contributed by atoms with Crippen molar-refractivity contribution in [2.24, 2.45) is 0 Å². The van der Waals surface area contributed by atoms with Crippen molar-refractivity contribution in [3.05, 3.63) is 65.1 Å². The van der Waals surface area contributed by atoms with Gasteiger partial charge in [0.05, 0.1) is 6.10 Å². The summed E-state index contributed by atoms with van der Waals surface area (Å²) in [5.74, 6) is 0.701. The van der Waals surface area contributed by atoms with Gasteiger partial charge in [0.25, 0.3) is 0 Å². The molecular weight excluding hydrogens is 380 g/mol. The van der Waals surface area contributed by atoms with Crippen molar-refractivity contribution in [2.45, 2.75) is 25.0 Å². The molecule has 1 fully saturated rings. The molecule has 4 rings (SSSR count). The van der Waals surface area contributed by atoms with Crippen molar-refractivity contribution in [2.75, 3.05) is 33.4 Å². The zero-order valence-electron chi connectivity index (χ0n) is 17.2. The van der Waals surface area contributed by atoms with Gasteiger partial charge >= 0.3 is 0 Å². The second-order valence-electron chi connectivity index (χ2n) is 7.83. The SMILES string of the molecule is COC1CCN(CC(O)COc2cc(-c3ccc(=O)[nH]c3)c3ccccc3c2)CC1. The van der Waals surface area contributed by atoms with Gasteiger partial charge in [0, 0.05) is 39.0 Å². The lowest BCUT2D eigenvalue weighted by molar-refractivity contribution is 0.0153. The van der Waals surface area contributed by atoms with Crippen LogP contribution in [0, 0.1) is 0 Å². The molecular formula is C24H28N2O4. The van der Waals surface area contributed by atoms with Crippen molar-refractivity contribution in [3.8, 4) is 16.9 Å². The minimum Gasteiger partial charge on any atom is -0.491 e. The molecule has 1 aliphatic rings. The fourth-order valence-corrected chi connectivity index (χ4v) is 4.05. The molecule has 0 aliphatic carbocycles. The van der Waals surface area contributed by atoms with Crippen LogP contribution in [0.1, 0.15) is 12.8 Å². The lowest BCUT2D eigenvalue weighted by Gasteiger charge is -2.32. The van der Waals surface area contributed by atoms with Crippen LogP contribution in [0.2, 0.25) is 0 Å². The first-order valence-electron chi connectivity index (χ1n) is 10.4. The van der Waals surface area contributed by atoms with E-state index in [2.05, 4.69) is 16.0 Å². The minimum atomic E-state index is -0.563. The first-order chi connectivity index (χ1) is 14.6. The normalized spacial score (nSPS) is 16.6. The molecule has 1 unspecified atom stereocenters. The van der Waals surface area contributed by atoms with E-state index in [1.165, 1.54) is 6.07 Å². The number of H-pyrrole nitrogens is 1. The molecule has 30 heavy (non-hydrogen) atoms. The van der Waals surface area contributed by atoms with Gasteiger partial charge in [-0.3, -0.25) is 4.79 Å². The van der Waals surface area contributed by atoms with E-state index >= 15 is 0 Å². The van der Waals surface area contributed by atoms with Gasteiger partial charge in [-0.25, -0.2) is 0 Å². The highest BCUT2D eigenvalue weighted by atomic mass is 16.5. The summed E-state index contributed by atoms with van der Waals surface area (Å²) in [6.07, 6.45) is 3.48. The van der Waals surface area contributed by atoms with E-state index in [-0.39, 0.29) is 12.2 Å². The van der Waals surface area contributed by atoms with Crippen LogP contribution in [0.5, 0.6) is 5.75 Å². The van der Waals surface area contributed by atoms with Crippen LogP contribution in [-0.4, -0.2) is 60.5 Å². The van der Waals surface area contributed by atoms with E-state index in [4.69, 9.17) is 9.47 Å². The Labute approximate surface area is 176 Å². The number of aromatic nitrogens is 1. The van der Waals surface area contributed by atoms with Crippen LogP contribution in [0.4, 0.5) is 0 Å². The third kappa shape index (κ3) is 4.90. The number of β-amino-alcohol motifs (C(OH)–C–C–N with tert-alkyl or cyclic N) is 1. The summed E-state index contributed by atoms with van der Waals surface area (Å²) >= 11 is 0. The highest BCUT2D eigenvalue weighted by molar-refractivity contribution is 5.97. The highest BCUT2D eigenvalue weighted by Crippen LogP contribution is 2.32. The zero-order chi connectivity index (χ0) is 20.9. The van der Waals surface area contributed by atoms with Crippen molar-refractivity contribution >= 4 is 10.8 Å². The van der Waals surface area contributed by atoms with E-state index in [9.17, 15) is 9.90 Å². The number of methoxy groups -OCH3 is 1. The number of ether oxygens (including phenoxy) is 2. The summed E-state index contributed by atoms with van der Waals surface area (Å²) in [5, 5.41) is 12.6. The molecule has 2 N–H and O–H groups in total. The highest BCUT2D eigenvalue weighted by Gasteiger charge is 2.21. The van der Waals surface area contributed by atoms with E-state index in [0.29, 0.717) is 18.4 Å². The van der Waals surface area contributed by atoms with Crippen molar-refractivity contribution in [1.29, 1.82) is 0 Å². The van der Waals surface area contributed by atoms with Gasteiger partial charge in [-0.05, 0) is 52.9 Å². The average molecular weight is 408 g/mol. The number of likely N-dealkylation sites (tertiary alicyclic amines) is 1. The number of piperidine rings is 1. The molecule has 3 aromatic rings. The minimum absolute atomic E-state index is 0.131. The summed E-state index contributed by atoms with van der Waals surface area (Å²) in [7, 11) is 1.76. The molecule has 1 atom stereocenters. The molecule has 2 heterocycles. The van der Waals surface area contributed by atoms with Crippen molar-refractivity contribution in [3.63, 3.8) is 0 Å². The molecule has 1 aliphatic heterocycles. The molecule has 6 heteroatoms. The fraction of sp³-hybridized carbons (Fsp3) is 0.375. The van der Waals surface area contributed by atoms with E-state index in [1.54, 1.807) is 13.3 Å². The fourth-order valence-electron chi connectivity index (χ4n) is 4.05. The second-order valence-corrected chi connectivity index (χ2v) is 7.83. The number of aliphatic hydroxyl groups is 1. The topological polar surface area (TPSA) is 74.8 Å². The number of rotatable bonds is 7. The molecule has 158 valence electrons. The van der Waals surface area contributed by atoms with Gasteiger partial charge in [-0.15, -0.1) is 0 Å². The number of pyridine rings is 1. The molecule has 0 radical (unpaired) electrons. The Hall–Kier alpha value is -2.67. The molecule has 0 amide bonds. The first kappa shape index (κ1) is 20.6. The number of aliphatic hydroxyl groups excluding tert-OH is 1. The summed E-state index contributed by atoms with van der Waals surface area (Å²) in [6.45, 7) is 2.69. The molecule has 0 spiro atoms. The Bertz CT molecular complexity index is 1020.